The van der Waals surface area contributed by atoms with Gasteiger partial charge in [0, 0.05) is 13.2 Å². The van der Waals surface area contributed by atoms with Crippen LogP contribution < -0.4 is 0 Å². The van der Waals surface area contributed by atoms with Crippen LogP contribution in [0.25, 0.3) is 0 Å². The van der Waals surface area contributed by atoms with E-state index in [1.165, 1.54) is 0 Å². The molecule has 0 rings (SSSR count). The lowest BCUT2D eigenvalue weighted by atomic mass is 10.1. The van der Waals surface area contributed by atoms with Crippen LogP contribution in [0.15, 0.2) is 0 Å². The van der Waals surface area contributed by atoms with Crippen LogP contribution in [-0.2, 0) is 4.74 Å². The summed E-state index contributed by atoms with van der Waals surface area (Å²) < 4.78 is 5.38. The van der Waals surface area contributed by atoms with Crippen LogP contribution >= 0.6 is 0 Å². The van der Waals surface area contributed by atoms with E-state index in [2.05, 4.69) is 13.8 Å². The Morgan fingerprint density at radius 1 is 1.08 bits per heavy atom. The van der Waals surface area contributed by atoms with E-state index in [0.29, 0.717) is 0 Å². The SMILES string of the molecule is CC(C)CCOCCCC(C)O. The quantitative estimate of drug-likeness (QED) is 0.600. The lowest BCUT2D eigenvalue weighted by Gasteiger charge is -2.07. The predicted molar refractivity (Wildman–Crippen MR) is 51.2 cm³/mol. The highest BCUT2D eigenvalue weighted by Gasteiger charge is 1.96. The van der Waals surface area contributed by atoms with E-state index >= 15 is 0 Å². The Morgan fingerprint density at radius 3 is 2.25 bits per heavy atom. The average Bonchev–Trinajstić information content (AvgIpc) is 1.95. The van der Waals surface area contributed by atoms with Gasteiger partial charge in [-0.15, -0.1) is 0 Å². The average molecular weight is 174 g/mol. The summed E-state index contributed by atoms with van der Waals surface area (Å²) in [6, 6.07) is 0. The second kappa shape index (κ2) is 7.56. The fraction of sp³-hybridized carbons (Fsp3) is 1.00. The minimum absolute atomic E-state index is 0.182. The predicted octanol–water partition coefficient (Wildman–Crippen LogP) is 2.21. The second-order valence-corrected chi connectivity index (χ2v) is 3.79. The highest BCUT2D eigenvalue weighted by molar-refractivity contribution is 4.47. The lowest BCUT2D eigenvalue weighted by molar-refractivity contribution is 0.104. The van der Waals surface area contributed by atoms with E-state index in [4.69, 9.17) is 9.84 Å². The summed E-state index contributed by atoms with van der Waals surface area (Å²) in [6.45, 7) is 7.85. The zero-order chi connectivity index (χ0) is 9.40. The second-order valence-electron chi connectivity index (χ2n) is 3.79. The summed E-state index contributed by atoms with van der Waals surface area (Å²) >= 11 is 0. The van der Waals surface area contributed by atoms with Crippen molar-refractivity contribution in [3.05, 3.63) is 0 Å². The zero-order valence-corrected chi connectivity index (χ0v) is 8.55. The third-order valence-electron chi connectivity index (χ3n) is 1.75. The molecular weight excluding hydrogens is 152 g/mol. The molecule has 1 atom stereocenters. The monoisotopic (exact) mass is 174 g/mol. The maximum absolute atomic E-state index is 8.94. The molecule has 0 aliphatic carbocycles. The third kappa shape index (κ3) is 9.92. The number of aliphatic hydroxyl groups is 1. The Kier molecular flexibility index (Phi) is 7.51. The van der Waals surface area contributed by atoms with E-state index in [-0.39, 0.29) is 6.10 Å². The van der Waals surface area contributed by atoms with Crippen LogP contribution in [-0.4, -0.2) is 24.4 Å². The van der Waals surface area contributed by atoms with Crippen molar-refractivity contribution in [2.75, 3.05) is 13.2 Å². The summed E-state index contributed by atoms with van der Waals surface area (Å²) in [5.74, 6) is 0.724. The molecule has 12 heavy (non-hydrogen) atoms. The molecular formula is C10H22O2. The smallest absolute Gasteiger partial charge is 0.0513 e. The highest BCUT2D eigenvalue weighted by Crippen LogP contribution is 2.00. The number of hydrogen-bond donors (Lipinski definition) is 1. The normalized spacial score (nSPS) is 13.8. The van der Waals surface area contributed by atoms with Gasteiger partial charge in [-0.25, -0.2) is 0 Å². The minimum atomic E-state index is -0.182. The standard InChI is InChI=1S/C10H22O2/c1-9(2)6-8-12-7-4-5-10(3)11/h9-11H,4-8H2,1-3H3. The number of ether oxygens (including phenoxy) is 1. The first-order valence-electron chi connectivity index (χ1n) is 4.88. The van der Waals surface area contributed by atoms with Gasteiger partial charge in [0.25, 0.3) is 0 Å². The number of rotatable bonds is 7. The molecule has 0 aromatic carbocycles. The van der Waals surface area contributed by atoms with Crippen LogP contribution in [0.1, 0.15) is 40.0 Å². The molecule has 0 fully saturated rings. The van der Waals surface area contributed by atoms with Gasteiger partial charge in [0.1, 0.15) is 0 Å². The summed E-state index contributed by atoms with van der Waals surface area (Å²) in [5, 5.41) is 8.94. The first-order chi connectivity index (χ1) is 5.63. The van der Waals surface area contributed by atoms with E-state index in [9.17, 15) is 0 Å². The Bertz CT molecular complexity index is 77.8. The fourth-order valence-corrected chi connectivity index (χ4v) is 0.902. The van der Waals surface area contributed by atoms with Crippen molar-refractivity contribution < 1.29 is 9.84 Å². The first kappa shape index (κ1) is 11.9. The Balaban J connectivity index is 2.91. The summed E-state index contributed by atoms with van der Waals surface area (Å²) in [7, 11) is 0. The molecule has 0 spiro atoms. The maximum Gasteiger partial charge on any atom is 0.0513 e. The van der Waals surface area contributed by atoms with Gasteiger partial charge in [-0.2, -0.15) is 0 Å². The van der Waals surface area contributed by atoms with E-state index < -0.39 is 0 Å². The van der Waals surface area contributed by atoms with Crippen LogP contribution in [0.2, 0.25) is 0 Å². The number of hydrogen-bond acceptors (Lipinski definition) is 2. The van der Waals surface area contributed by atoms with Crippen LogP contribution in [0.5, 0.6) is 0 Å². The molecule has 0 saturated carbocycles. The van der Waals surface area contributed by atoms with Gasteiger partial charge < -0.3 is 9.84 Å². The van der Waals surface area contributed by atoms with Gasteiger partial charge >= 0.3 is 0 Å². The van der Waals surface area contributed by atoms with E-state index in [1.807, 2.05) is 6.92 Å². The fourth-order valence-electron chi connectivity index (χ4n) is 0.902. The van der Waals surface area contributed by atoms with Crippen molar-refractivity contribution in [2.45, 2.75) is 46.1 Å². The lowest BCUT2D eigenvalue weighted by Crippen LogP contribution is -2.04. The molecule has 2 heteroatoms. The van der Waals surface area contributed by atoms with Crippen molar-refractivity contribution in [3.63, 3.8) is 0 Å². The third-order valence-corrected chi connectivity index (χ3v) is 1.75. The van der Waals surface area contributed by atoms with Crippen LogP contribution in [0.3, 0.4) is 0 Å². The zero-order valence-electron chi connectivity index (χ0n) is 8.55. The Morgan fingerprint density at radius 2 is 1.75 bits per heavy atom. The summed E-state index contributed by atoms with van der Waals surface area (Å²) in [5.41, 5.74) is 0. The summed E-state index contributed by atoms with van der Waals surface area (Å²) in [6.07, 6.45) is 2.77. The molecule has 0 bridgehead atoms. The Hall–Kier alpha value is -0.0800. The van der Waals surface area contributed by atoms with Gasteiger partial charge in [-0.1, -0.05) is 13.8 Å². The van der Waals surface area contributed by atoms with Crippen molar-refractivity contribution in [1.82, 2.24) is 0 Å². The highest BCUT2D eigenvalue weighted by atomic mass is 16.5. The molecule has 1 unspecified atom stereocenters. The molecule has 0 amide bonds. The van der Waals surface area contributed by atoms with Crippen LogP contribution in [0, 0.1) is 5.92 Å². The van der Waals surface area contributed by atoms with Crippen molar-refractivity contribution >= 4 is 0 Å². The maximum atomic E-state index is 8.94. The molecule has 0 aromatic heterocycles. The molecule has 1 N–H and O–H groups in total. The molecule has 0 heterocycles. The molecule has 0 radical (unpaired) electrons. The van der Waals surface area contributed by atoms with E-state index in [1.54, 1.807) is 0 Å². The van der Waals surface area contributed by atoms with Gasteiger partial charge in [0.05, 0.1) is 6.10 Å². The molecule has 0 saturated heterocycles. The van der Waals surface area contributed by atoms with Gasteiger partial charge in [-0.05, 0) is 32.1 Å². The topological polar surface area (TPSA) is 29.5 Å². The summed E-state index contributed by atoms with van der Waals surface area (Å²) in [4.78, 5) is 0. The largest absolute Gasteiger partial charge is 0.393 e. The van der Waals surface area contributed by atoms with E-state index in [0.717, 1.165) is 38.4 Å². The molecule has 74 valence electrons. The van der Waals surface area contributed by atoms with Crippen LogP contribution in [0.4, 0.5) is 0 Å². The van der Waals surface area contributed by atoms with Gasteiger partial charge in [0.2, 0.25) is 0 Å². The van der Waals surface area contributed by atoms with Gasteiger partial charge in [0.15, 0.2) is 0 Å². The Labute approximate surface area is 75.9 Å². The van der Waals surface area contributed by atoms with Gasteiger partial charge in [-0.3, -0.25) is 0 Å². The van der Waals surface area contributed by atoms with Crippen molar-refractivity contribution in [3.8, 4) is 0 Å². The van der Waals surface area contributed by atoms with Crippen molar-refractivity contribution in [2.24, 2.45) is 5.92 Å². The number of aliphatic hydroxyl groups excluding tert-OH is 1. The first-order valence-corrected chi connectivity index (χ1v) is 4.88. The molecule has 2 nitrogen and oxygen atoms in total. The minimum Gasteiger partial charge on any atom is -0.393 e. The molecule has 0 aromatic rings. The molecule has 0 aliphatic heterocycles. The molecule has 0 aliphatic rings. The van der Waals surface area contributed by atoms with Crippen molar-refractivity contribution in [1.29, 1.82) is 0 Å².